The normalized spacial score (nSPS) is 19.2. The van der Waals surface area contributed by atoms with Crippen molar-refractivity contribution in [3.63, 3.8) is 0 Å². The molecule has 2 aromatic rings. The van der Waals surface area contributed by atoms with Gasteiger partial charge in [-0.3, -0.25) is 4.79 Å². The topological polar surface area (TPSA) is 82.6 Å². The number of anilines is 1. The lowest BCUT2D eigenvalue weighted by molar-refractivity contribution is 0.104. The second-order valence-corrected chi connectivity index (χ2v) is 11.0. The Morgan fingerprint density at radius 3 is 2.50 bits per heavy atom. The van der Waals surface area contributed by atoms with Crippen molar-refractivity contribution in [2.75, 3.05) is 38.0 Å². The number of ketones is 1. The van der Waals surface area contributed by atoms with E-state index < -0.39 is 10.2 Å². The molecule has 0 atom stereocenters. The summed E-state index contributed by atoms with van der Waals surface area (Å²) in [6, 6.07) is 7.57. The maximum atomic E-state index is 12.7. The van der Waals surface area contributed by atoms with Gasteiger partial charge in [-0.2, -0.15) is 17.0 Å². The van der Waals surface area contributed by atoms with Gasteiger partial charge in [0.2, 0.25) is 5.78 Å². The third-order valence-electron chi connectivity index (χ3n) is 5.95. The molecule has 30 heavy (non-hydrogen) atoms. The highest BCUT2D eigenvalue weighted by atomic mass is 32.2. The van der Waals surface area contributed by atoms with Crippen LogP contribution in [0.4, 0.5) is 5.13 Å². The Bertz CT molecular complexity index is 991. The Morgan fingerprint density at radius 1 is 1.13 bits per heavy atom. The molecular formula is C21H28N4O3S2. The van der Waals surface area contributed by atoms with Gasteiger partial charge in [0.05, 0.1) is 11.1 Å². The zero-order valence-electron chi connectivity index (χ0n) is 17.2. The van der Waals surface area contributed by atoms with E-state index >= 15 is 0 Å². The molecule has 4 rings (SSSR count). The van der Waals surface area contributed by atoms with E-state index in [9.17, 15) is 13.2 Å². The first kappa shape index (κ1) is 21.4. The van der Waals surface area contributed by atoms with Crippen molar-refractivity contribution in [3.8, 4) is 0 Å². The Labute approximate surface area is 182 Å². The summed E-state index contributed by atoms with van der Waals surface area (Å²) in [5.74, 6) is 0.397. The van der Waals surface area contributed by atoms with Gasteiger partial charge in [0.25, 0.3) is 10.2 Å². The standard InChI is InChI=1S/C21H28N4O3S2/c1-16-6-2-3-7-18(16)20(26)19-15-23-21(29-19)22-14-17-8-12-25(13-9-17)30(27,28)24-10-4-5-11-24/h2-3,6-7,15,17H,4-5,8-14H2,1H3,(H,22,23). The van der Waals surface area contributed by atoms with Crippen molar-refractivity contribution >= 4 is 32.5 Å². The zero-order valence-corrected chi connectivity index (χ0v) is 18.8. The van der Waals surface area contributed by atoms with Crippen molar-refractivity contribution in [2.45, 2.75) is 32.6 Å². The van der Waals surface area contributed by atoms with Gasteiger partial charge in [0.1, 0.15) is 0 Å². The number of hydrogen-bond donors (Lipinski definition) is 1. The molecule has 1 aromatic heterocycles. The van der Waals surface area contributed by atoms with Crippen molar-refractivity contribution in [1.29, 1.82) is 0 Å². The van der Waals surface area contributed by atoms with Gasteiger partial charge in [0, 0.05) is 38.3 Å². The summed E-state index contributed by atoms with van der Waals surface area (Å²) in [4.78, 5) is 17.7. The lowest BCUT2D eigenvalue weighted by Crippen LogP contribution is -2.46. The molecule has 162 valence electrons. The van der Waals surface area contributed by atoms with Gasteiger partial charge in [-0.1, -0.05) is 35.6 Å². The number of nitrogens with zero attached hydrogens (tertiary/aromatic N) is 3. The summed E-state index contributed by atoms with van der Waals surface area (Å²) in [7, 11) is -3.29. The van der Waals surface area contributed by atoms with E-state index in [0.717, 1.165) is 42.9 Å². The number of carbonyl (C=O) groups excluding carboxylic acids is 1. The predicted molar refractivity (Wildman–Crippen MR) is 119 cm³/mol. The molecule has 0 saturated carbocycles. The molecule has 2 aliphatic heterocycles. The second-order valence-electron chi connectivity index (χ2n) is 8.01. The first-order chi connectivity index (χ1) is 14.4. The molecule has 0 radical (unpaired) electrons. The van der Waals surface area contributed by atoms with Crippen LogP contribution in [0.25, 0.3) is 0 Å². The first-order valence-electron chi connectivity index (χ1n) is 10.5. The minimum absolute atomic E-state index is 0.000854. The molecule has 3 heterocycles. The van der Waals surface area contributed by atoms with E-state index in [0.29, 0.717) is 42.5 Å². The summed E-state index contributed by atoms with van der Waals surface area (Å²) >= 11 is 1.37. The largest absolute Gasteiger partial charge is 0.361 e. The number of piperidine rings is 1. The summed E-state index contributed by atoms with van der Waals surface area (Å²) in [5, 5.41) is 4.08. The number of aromatic nitrogens is 1. The van der Waals surface area contributed by atoms with Crippen LogP contribution in [0.5, 0.6) is 0 Å². The van der Waals surface area contributed by atoms with Crippen molar-refractivity contribution < 1.29 is 13.2 Å². The van der Waals surface area contributed by atoms with Gasteiger partial charge < -0.3 is 5.32 Å². The molecule has 1 aromatic carbocycles. The summed E-state index contributed by atoms with van der Waals surface area (Å²) in [6.07, 6.45) is 5.22. The van der Waals surface area contributed by atoms with Crippen LogP contribution in [0, 0.1) is 12.8 Å². The summed E-state index contributed by atoms with van der Waals surface area (Å²) in [5.41, 5.74) is 1.67. The number of nitrogens with one attached hydrogen (secondary N) is 1. The lowest BCUT2D eigenvalue weighted by Gasteiger charge is -2.33. The number of hydrogen-bond acceptors (Lipinski definition) is 6. The van der Waals surface area contributed by atoms with Crippen LogP contribution in [0.15, 0.2) is 30.5 Å². The third kappa shape index (κ3) is 4.59. The van der Waals surface area contributed by atoms with Crippen molar-refractivity contribution in [3.05, 3.63) is 46.5 Å². The van der Waals surface area contributed by atoms with E-state index in [-0.39, 0.29) is 5.78 Å². The molecule has 7 nitrogen and oxygen atoms in total. The minimum atomic E-state index is -3.29. The van der Waals surface area contributed by atoms with Crippen LogP contribution in [0.3, 0.4) is 0 Å². The van der Waals surface area contributed by atoms with Gasteiger partial charge in [-0.15, -0.1) is 0 Å². The van der Waals surface area contributed by atoms with Crippen LogP contribution in [0.1, 0.15) is 46.5 Å². The monoisotopic (exact) mass is 448 g/mol. The Morgan fingerprint density at radius 2 is 1.80 bits per heavy atom. The molecule has 1 N–H and O–H groups in total. The third-order valence-corrected chi connectivity index (χ3v) is 8.94. The van der Waals surface area contributed by atoms with Gasteiger partial charge in [0.15, 0.2) is 5.13 Å². The Balaban J connectivity index is 1.28. The van der Waals surface area contributed by atoms with Gasteiger partial charge >= 0.3 is 0 Å². The number of carbonyl (C=O) groups is 1. The maximum Gasteiger partial charge on any atom is 0.281 e. The fourth-order valence-electron chi connectivity index (χ4n) is 4.08. The second kappa shape index (κ2) is 9.13. The number of benzene rings is 1. The molecule has 0 aliphatic carbocycles. The lowest BCUT2D eigenvalue weighted by atomic mass is 9.98. The smallest absolute Gasteiger partial charge is 0.281 e. The Kier molecular flexibility index (Phi) is 6.52. The van der Waals surface area contributed by atoms with E-state index in [1.165, 1.54) is 11.3 Å². The molecule has 2 saturated heterocycles. The minimum Gasteiger partial charge on any atom is -0.361 e. The molecule has 2 fully saturated rings. The Hall–Kier alpha value is -1.81. The molecule has 9 heteroatoms. The van der Waals surface area contributed by atoms with Crippen molar-refractivity contribution in [2.24, 2.45) is 5.92 Å². The van der Waals surface area contributed by atoms with E-state index in [1.807, 2.05) is 31.2 Å². The quantitative estimate of drug-likeness (QED) is 0.658. The molecule has 0 unspecified atom stereocenters. The fraction of sp³-hybridized carbons (Fsp3) is 0.524. The molecule has 0 spiro atoms. The molecule has 0 bridgehead atoms. The molecular weight excluding hydrogens is 420 g/mol. The van der Waals surface area contributed by atoms with Crippen LogP contribution in [-0.2, 0) is 10.2 Å². The highest BCUT2D eigenvalue weighted by Crippen LogP contribution is 2.26. The zero-order chi connectivity index (χ0) is 21.1. The van der Waals surface area contributed by atoms with E-state index in [2.05, 4.69) is 10.3 Å². The molecule has 2 aliphatic rings. The SMILES string of the molecule is Cc1ccccc1C(=O)c1cnc(NCC2CCN(S(=O)(=O)N3CCCC3)CC2)s1. The number of aryl methyl sites for hydroxylation is 1. The maximum absolute atomic E-state index is 12.7. The highest BCUT2D eigenvalue weighted by molar-refractivity contribution is 7.86. The molecule has 0 amide bonds. The fourth-order valence-corrected chi connectivity index (χ4v) is 6.57. The van der Waals surface area contributed by atoms with Crippen LogP contribution in [-0.4, -0.2) is 60.5 Å². The van der Waals surface area contributed by atoms with Gasteiger partial charge in [-0.25, -0.2) is 4.98 Å². The van der Waals surface area contributed by atoms with Crippen molar-refractivity contribution in [1.82, 2.24) is 13.6 Å². The predicted octanol–water partition coefficient (Wildman–Crippen LogP) is 3.15. The van der Waals surface area contributed by atoms with E-state index in [1.54, 1.807) is 14.8 Å². The summed E-state index contributed by atoms with van der Waals surface area (Å²) < 4.78 is 28.6. The van der Waals surface area contributed by atoms with Crippen LogP contribution in [0.2, 0.25) is 0 Å². The average molecular weight is 449 g/mol. The first-order valence-corrected chi connectivity index (χ1v) is 12.7. The van der Waals surface area contributed by atoms with Gasteiger partial charge in [-0.05, 0) is 44.1 Å². The van der Waals surface area contributed by atoms with Crippen LogP contribution >= 0.6 is 11.3 Å². The van der Waals surface area contributed by atoms with Crippen LogP contribution < -0.4 is 5.32 Å². The number of thiazole rings is 1. The van der Waals surface area contributed by atoms with E-state index in [4.69, 9.17) is 0 Å². The average Bonchev–Trinajstić information content (AvgIpc) is 3.45. The highest BCUT2D eigenvalue weighted by Gasteiger charge is 2.34. The number of rotatable bonds is 7. The summed E-state index contributed by atoms with van der Waals surface area (Å²) in [6.45, 7) is 5.11.